The smallest absolute Gasteiger partial charge is 0.306 e. The summed E-state index contributed by atoms with van der Waals surface area (Å²) in [7, 11) is 0. The number of carbonyl (C=O) groups excluding carboxylic acids is 3. The maximum atomic E-state index is 12.9. The molecule has 0 aliphatic heterocycles. The highest BCUT2D eigenvalue weighted by molar-refractivity contribution is 5.71. The van der Waals surface area contributed by atoms with Crippen LogP contribution in [0.15, 0.2) is 72.9 Å². The van der Waals surface area contributed by atoms with E-state index in [-0.39, 0.29) is 31.1 Å². The van der Waals surface area contributed by atoms with Gasteiger partial charge in [-0.05, 0) is 89.9 Å². The maximum Gasteiger partial charge on any atom is 0.306 e. The Morgan fingerprint density at radius 3 is 0.744 bits per heavy atom. The lowest BCUT2D eigenvalue weighted by atomic mass is 10.0. The van der Waals surface area contributed by atoms with Gasteiger partial charge in [0.25, 0.3) is 0 Å². The molecule has 0 radical (unpaired) electrons. The van der Waals surface area contributed by atoms with E-state index in [1.54, 1.807) is 0 Å². The van der Waals surface area contributed by atoms with E-state index in [9.17, 15) is 14.4 Å². The van der Waals surface area contributed by atoms with Gasteiger partial charge in [-0.15, -0.1) is 0 Å². The fourth-order valence-electron chi connectivity index (χ4n) is 10.6. The third-order valence-electron chi connectivity index (χ3n) is 15.9. The van der Waals surface area contributed by atoms with Crippen LogP contribution in [0.3, 0.4) is 0 Å². The van der Waals surface area contributed by atoms with Gasteiger partial charge in [0, 0.05) is 19.3 Å². The van der Waals surface area contributed by atoms with Crippen molar-refractivity contribution in [1.82, 2.24) is 0 Å². The highest BCUT2D eigenvalue weighted by atomic mass is 16.6. The van der Waals surface area contributed by atoms with E-state index >= 15 is 0 Å². The highest BCUT2D eigenvalue weighted by Crippen LogP contribution is 2.18. The minimum Gasteiger partial charge on any atom is -0.462 e. The Kier molecular flexibility index (Phi) is 67.6. The quantitative estimate of drug-likeness (QED) is 0.0261. The molecular formula is C76H136O6. The van der Waals surface area contributed by atoms with Gasteiger partial charge in [-0.1, -0.05) is 338 Å². The molecule has 1 atom stereocenters. The number of carbonyl (C=O) groups is 3. The average Bonchev–Trinajstić information content (AvgIpc) is 3.47. The average molecular weight is 1150 g/mol. The van der Waals surface area contributed by atoms with Crippen LogP contribution >= 0.6 is 0 Å². The molecule has 0 bridgehead atoms. The van der Waals surface area contributed by atoms with Gasteiger partial charge in [0.15, 0.2) is 6.10 Å². The summed E-state index contributed by atoms with van der Waals surface area (Å²) in [6.45, 7) is 6.50. The lowest BCUT2D eigenvalue weighted by Crippen LogP contribution is -2.30. The predicted octanol–water partition coefficient (Wildman–Crippen LogP) is 24.8. The van der Waals surface area contributed by atoms with Crippen LogP contribution in [0.2, 0.25) is 0 Å². The van der Waals surface area contributed by atoms with E-state index in [0.29, 0.717) is 19.3 Å². The Morgan fingerprint density at radius 1 is 0.256 bits per heavy atom. The van der Waals surface area contributed by atoms with Crippen molar-refractivity contribution in [3.8, 4) is 0 Å². The van der Waals surface area contributed by atoms with Crippen molar-refractivity contribution < 1.29 is 28.6 Å². The van der Waals surface area contributed by atoms with E-state index in [4.69, 9.17) is 14.2 Å². The lowest BCUT2D eigenvalue weighted by Gasteiger charge is -2.18. The highest BCUT2D eigenvalue weighted by Gasteiger charge is 2.19. The first kappa shape index (κ1) is 78.8. The molecule has 0 rings (SSSR count). The molecule has 0 N–H and O–H groups in total. The van der Waals surface area contributed by atoms with Crippen molar-refractivity contribution in [2.24, 2.45) is 0 Å². The normalized spacial score (nSPS) is 12.5. The largest absolute Gasteiger partial charge is 0.462 e. The van der Waals surface area contributed by atoms with Crippen LogP contribution in [0.5, 0.6) is 0 Å². The molecule has 82 heavy (non-hydrogen) atoms. The van der Waals surface area contributed by atoms with Gasteiger partial charge in [0.05, 0.1) is 0 Å². The maximum absolute atomic E-state index is 12.9. The van der Waals surface area contributed by atoms with Gasteiger partial charge in [-0.3, -0.25) is 14.4 Å². The molecule has 0 aliphatic rings. The Morgan fingerprint density at radius 2 is 0.476 bits per heavy atom. The molecule has 0 saturated carbocycles. The van der Waals surface area contributed by atoms with Crippen LogP contribution in [0.25, 0.3) is 0 Å². The van der Waals surface area contributed by atoms with Crippen LogP contribution in [-0.4, -0.2) is 37.2 Å². The SMILES string of the molecule is CC/C=C\C/C=C\C/C=C\C/C=C\CCCCCCCCCCCCC(=O)OC(COC(=O)CCCCCCCC)COC(=O)CCCCCCCCCCCCCCCCCCCCCCCCC/C=C\C/C=C\CCCCCCC. The molecule has 0 fully saturated rings. The molecule has 0 spiro atoms. The summed E-state index contributed by atoms with van der Waals surface area (Å²) in [6, 6.07) is 0. The van der Waals surface area contributed by atoms with E-state index in [2.05, 4.69) is 93.7 Å². The standard InChI is InChI=1S/C76H136O6/c1-4-7-10-13-16-18-20-22-24-26-28-30-32-33-34-35-36-37-38-39-40-41-42-43-45-46-48-50-52-54-56-58-60-63-66-69-75(78)81-72-73(71-80-74(77)68-65-62-15-12-9-6-3)82-76(79)70-67-64-61-59-57-55-53-51-49-47-44-31-29-27-25-23-21-19-17-14-11-8-5-2/h8,11,17,19-20,22-23,25-26,28-29,31,73H,4-7,9-10,12-16,18,21,24,27,30,32-72H2,1-3H3/b11-8-,19-17-,22-20-,25-23-,28-26-,31-29-. The zero-order valence-corrected chi connectivity index (χ0v) is 54.8. The molecule has 0 aromatic carbocycles. The van der Waals surface area contributed by atoms with E-state index in [1.165, 1.54) is 244 Å². The molecule has 0 amide bonds. The number of hydrogen-bond acceptors (Lipinski definition) is 6. The predicted molar refractivity (Wildman–Crippen MR) is 358 cm³/mol. The lowest BCUT2D eigenvalue weighted by molar-refractivity contribution is -0.167. The molecule has 0 heterocycles. The first-order chi connectivity index (χ1) is 40.5. The van der Waals surface area contributed by atoms with Gasteiger partial charge >= 0.3 is 17.9 Å². The second-order valence-corrected chi connectivity index (χ2v) is 24.1. The third-order valence-corrected chi connectivity index (χ3v) is 15.9. The fourth-order valence-corrected chi connectivity index (χ4v) is 10.6. The van der Waals surface area contributed by atoms with Crippen LogP contribution in [-0.2, 0) is 28.6 Å². The van der Waals surface area contributed by atoms with Gasteiger partial charge < -0.3 is 14.2 Å². The zero-order valence-electron chi connectivity index (χ0n) is 54.8. The molecule has 0 aromatic heterocycles. The minimum absolute atomic E-state index is 0.0725. The van der Waals surface area contributed by atoms with Crippen molar-refractivity contribution in [3.05, 3.63) is 72.9 Å². The van der Waals surface area contributed by atoms with E-state index in [0.717, 1.165) is 89.9 Å². The molecule has 6 heteroatoms. The monoisotopic (exact) mass is 1150 g/mol. The fraction of sp³-hybridized carbons (Fsp3) is 0.803. The first-order valence-electron chi connectivity index (χ1n) is 35.9. The van der Waals surface area contributed by atoms with Crippen LogP contribution in [0.4, 0.5) is 0 Å². The molecule has 0 saturated heterocycles. The number of rotatable bonds is 66. The second-order valence-electron chi connectivity index (χ2n) is 24.1. The van der Waals surface area contributed by atoms with Crippen molar-refractivity contribution >= 4 is 17.9 Å². The van der Waals surface area contributed by atoms with E-state index < -0.39 is 6.10 Å². The summed E-state index contributed by atoms with van der Waals surface area (Å²) in [5.74, 6) is -0.868. The molecule has 1 unspecified atom stereocenters. The van der Waals surface area contributed by atoms with Crippen molar-refractivity contribution in [2.45, 2.75) is 380 Å². The van der Waals surface area contributed by atoms with Crippen molar-refractivity contribution in [3.63, 3.8) is 0 Å². The Labute approximate surface area is 510 Å². The Bertz CT molecular complexity index is 1500. The number of unbranched alkanes of at least 4 members (excludes halogenated alkanes) is 43. The Balaban J connectivity index is 3.94. The molecular weight excluding hydrogens is 1010 g/mol. The van der Waals surface area contributed by atoms with Gasteiger partial charge in [-0.25, -0.2) is 0 Å². The van der Waals surface area contributed by atoms with Crippen LogP contribution in [0, 0.1) is 0 Å². The third kappa shape index (κ3) is 67.6. The number of ether oxygens (including phenoxy) is 3. The van der Waals surface area contributed by atoms with Crippen LogP contribution < -0.4 is 0 Å². The minimum atomic E-state index is -0.773. The van der Waals surface area contributed by atoms with E-state index in [1.807, 2.05) is 0 Å². The van der Waals surface area contributed by atoms with Gasteiger partial charge in [-0.2, -0.15) is 0 Å². The molecule has 6 nitrogen and oxygen atoms in total. The molecule has 0 aromatic rings. The molecule has 0 aliphatic carbocycles. The summed E-state index contributed by atoms with van der Waals surface area (Å²) < 4.78 is 16.9. The summed E-state index contributed by atoms with van der Waals surface area (Å²) >= 11 is 0. The number of esters is 3. The number of hydrogen-bond donors (Lipinski definition) is 0. The Hall–Kier alpha value is -3.15. The molecule has 476 valence electrons. The van der Waals surface area contributed by atoms with Gasteiger partial charge in [0.2, 0.25) is 0 Å². The first-order valence-corrected chi connectivity index (χ1v) is 35.9. The summed E-state index contributed by atoms with van der Waals surface area (Å²) in [5, 5.41) is 0. The van der Waals surface area contributed by atoms with Crippen molar-refractivity contribution in [2.75, 3.05) is 13.2 Å². The zero-order chi connectivity index (χ0) is 59.2. The number of allylic oxidation sites excluding steroid dienone is 12. The van der Waals surface area contributed by atoms with Crippen molar-refractivity contribution in [1.29, 1.82) is 0 Å². The van der Waals surface area contributed by atoms with Crippen LogP contribution in [0.1, 0.15) is 374 Å². The summed E-state index contributed by atoms with van der Waals surface area (Å²) in [6.07, 6.45) is 92.7. The summed E-state index contributed by atoms with van der Waals surface area (Å²) in [5.41, 5.74) is 0. The second kappa shape index (κ2) is 70.3. The summed E-state index contributed by atoms with van der Waals surface area (Å²) in [4.78, 5) is 38.1. The van der Waals surface area contributed by atoms with Gasteiger partial charge in [0.1, 0.15) is 13.2 Å². The topological polar surface area (TPSA) is 78.9 Å².